The van der Waals surface area contributed by atoms with Crippen LogP contribution in [0.25, 0.3) is 11.0 Å². The monoisotopic (exact) mass is 423 g/mol. The van der Waals surface area contributed by atoms with Crippen molar-refractivity contribution >= 4 is 28.5 Å². The Morgan fingerprint density at radius 2 is 1.93 bits per heavy atom. The minimum absolute atomic E-state index is 0.0426. The van der Waals surface area contributed by atoms with Gasteiger partial charge in [0.25, 0.3) is 5.91 Å². The Labute approximate surface area is 179 Å². The second-order valence-electron chi connectivity index (χ2n) is 8.16. The summed E-state index contributed by atoms with van der Waals surface area (Å²) >= 11 is 6.25. The fourth-order valence-corrected chi connectivity index (χ4v) is 4.69. The van der Waals surface area contributed by atoms with E-state index in [4.69, 9.17) is 20.8 Å². The molecule has 0 bridgehead atoms. The van der Waals surface area contributed by atoms with Gasteiger partial charge in [-0.3, -0.25) is 9.59 Å². The number of halogens is 1. The van der Waals surface area contributed by atoms with Gasteiger partial charge >= 0.3 is 0 Å². The molecule has 2 atom stereocenters. The van der Waals surface area contributed by atoms with Crippen molar-refractivity contribution < 1.29 is 13.9 Å². The van der Waals surface area contributed by atoms with Gasteiger partial charge in [0, 0.05) is 18.2 Å². The van der Waals surface area contributed by atoms with E-state index in [1.54, 1.807) is 17.0 Å². The van der Waals surface area contributed by atoms with Gasteiger partial charge in [0.2, 0.25) is 5.76 Å². The number of carbonyl (C=O) groups is 1. The Kier molecular flexibility index (Phi) is 4.68. The van der Waals surface area contributed by atoms with Gasteiger partial charge in [-0.05, 0) is 67.6 Å². The summed E-state index contributed by atoms with van der Waals surface area (Å²) in [6, 6.07) is 10.4. The third kappa shape index (κ3) is 3.04. The summed E-state index contributed by atoms with van der Waals surface area (Å²) in [4.78, 5) is 28.7. The number of hydrogen-bond donors (Lipinski definition) is 0. The van der Waals surface area contributed by atoms with Gasteiger partial charge in [-0.2, -0.15) is 0 Å². The third-order valence-corrected chi connectivity index (χ3v) is 6.41. The molecule has 0 unspecified atom stereocenters. The molecule has 2 aliphatic rings. The lowest BCUT2D eigenvalue weighted by atomic mass is 9.97. The molecule has 1 saturated heterocycles. The van der Waals surface area contributed by atoms with Crippen molar-refractivity contribution in [1.29, 1.82) is 0 Å². The van der Waals surface area contributed by atoms with Crippen LogP contribution in [-0.4, -0.2) is 30.1 Å². The lowest BCUT2D eigenvalue weighted by molar-refractivity contribution is 0.0486. The first-order chi connectivity index (χ1) is 14.4. The van der Waals surface area contributed by atoms with Crippen LogP contribution < -0.4 is 5.43 Å². The van der Waals surface area contributed by atoms with Crippen molar-refractivity contribution in [1.82, 2.24) is 4.90 Å². The first-order valence-corrected chi connectivity index (χ1v) is 10.6. The number of nitrogens with zero attached hydrogens (tertiary/aromatic N) is 1. The van der Waals surface area contributed by atoms with Crippen LogP contribution >= 0.6 is 11.6 Å². The number of carbonyl (C=O) groups excluding carboxylic acids is 1. The summed E-state index contributed by atoms with van der Waals surface area (Å²) in [7, 11) is 0. The molecule has 3 aromatic rings. The molecule has 30 heavy (non-hydrogen) atoms. The smallest absolute Gasteiger partial charge is 0.291 e. The van der Waals surface area contributed by atoms with E-state index in [9.17, 15) is 9.59 Å². The predicted molar refractivity (Wildman–Crippen MR) is 115 cm³/mol. The summed E-state index contributed by atoms with van der Waals surface area (Å²) in [5.41, 5.74) is 3.48. The van der Waals surface area contributed by atoms with Gasteiger partial charge in [0.05, 0.1) is 23.1 Å². The molecule has 154 valence electrons. The summed E-state index contributed by atoms with van der Waals surface area (Å²) < 4.78 is 11.8. The van der Waals surface area contributed by atoms with E-state index in [0.29, 0.717) is 34.7 Å². The van der Waals surface area contributed by atoms with E-state index in [1.807, 2.05) is 38.1 Å². The fourth-order valence-electron chi connectivity index (χ4n) is 4.49. The average Bonchev–Trinajstić information content (AvgIpc) is 3.32. The largest absolute Gasteiger partial charge is 0.450 e. The van der Waals surface area contributed by atoms with Crippen LogP contribution in [0.1, 0.15) is 51.7 Å². The van der Waals surface area contributed by atoms with Gasteiger partial charge in [0.15, 0.2) is 5.43 Å². The maximum absolute atomic E-state index is 13.6. The average molecular weight is 424 g/mol. The molecule has 0 aliphatic carbocycles. The number of amides is 1. The molecule has 1 amide bonds. The molecular weight excluding hydrogens is 402 g/mol. The van der Waals surface area contributed by atoms with Gasteiger partial charge in [-0.25, -0.2) is 0 Å². The van der Waals surface area contributed by atoms with Crippen LogP contribution in [0.3, 0.4) is 0 Å². The highest BCUT2D eigenvalue weighted by Crippen LogP contribution is 2.39. The number of fused-ring (bicyclic) bond motifs is 2. The second kappa shape index (κ2) is 7.25. The summed E-state index contributed by atoms with van der Waals surface area (Å²) in [5, 5.41) is 1.05. The zero-order valence-electron chi connectivity index (χ0n) is 16.9. The molecular formula is C24H22ClNO4. The zero-order chi connectivity index (χ0) is 21.0. The highest BCUT2D eigenvalue weighted by atomic mass is 35.5. The molecule has 2 aromatic carbocycles. The van der Waals surface area contributed by atoms with Crippen LogP contribution in [-0.2, 0) is 4.74 Å². The second-order valence-corrected chi connectivity index (χ2v) is 8.59. The third-order valence-electron chi connectivity index (χ3n) is 6.17. The van der Waals surface area contributed by atoms with E-state index in [2.05, 4.69) is 0 Å². The van der Waals surface area contributed by atoms with Crippen LogP contribution in [0.15, 0.2) is 45.6 Å². The SMILES string of the molecule is Cc1cc2oc3c(c(=O)c2cc1C)[C@H](c1cccc(Cl)c1)N(C[C@H]1CCCO1)C3=O. The first-order valence-electron chi connectivity index (χ1n) is 10.2. The van der Waals surface area contributed by atoms with E-state index in [-0.39, 0.29) is 23.2 Å². The first kappa shape index (κ1) is 19.3. The number of ether oxygens (including phenoxy) is 1. The molecule has 3 heterocycles. The number of rotatable bonds is 3. The normalized spacial score (nSPS) is 20.9. The molecule has 5 nitrogen and oxygen atoms in total. The van der Waals surface area contributed by atoms with Crippen LogP contribution in [0, 0.1) is 13.8 Å². The summed E-state index contributed by atoms with van der Waals surface area (Å²) in [5.74, 6) is -0.151. The maximum Gasteiger partial charge on any atom is 0.291 e. The van der Waals surface area contributed by atoms with E-state index < -0.39 is 6.04 Å². The van der Waals surface area contributed by atoms with Gasteiger partial charge in [-0.15, -0.1) is 0 Å². The number of benzene rings is 2. The quantitative estimate of drug-likeness (QED) is 0.607. The van der Waals surface area contributed by atoms with Crippen LogP contribution in [0.5, 0.6) is 0 Å². The Bertz CT molecular complexity index is 1230. The lowest BCUT2D eigenvalue weighted by Crippen LogP contribution is -2.36. The molecule has 0 saturated carbocycles. The van der Waals surface area contributed by atoms with Gasteiger partial charge in [-0.1, -0.05) is 23.7 Å². The van der Waals surface area contributed by atoms with Crippen LogP contribution in [0.4, 0.5) is 0 Å². The summed E-state index contributed by atoms with van der Waals surface area (Å²) in [6.45, 7) is 5.03. The Hall–Kier alpha value is -2.63. The highest BCUT2D eigenvalue weighted by Gasteiger charge is 2.44. The molecule has 2 aliphatic heterocycles. The van der Waals surface area contributed by atoms with E-state index in [1.165, 1.54) is 0 Å². The Morgan fingerprint density at radius 1 is 1.13 bits per heavy atom. The maximum atomic E-state index is 13.6. The van der Waals surface area contributed by atoms with Crippen molar-refractivity contribution in [2.75, 3.05) is 13.2 Å². The topological polar surface area (TPSA) is 59.8 Å². The minimum atomic E-state index is -0.544. The Balaban J connectivity index is 1.73. The van der Waals surface area contributed by atoms with Gasteiger partial charge < -0.3 is 14.1 Å². The van der Waals surface area contributed by atoms with Crippen molar-refractivity contribution in [3.63, 3.8) is 0 Å². The Morgan fingerprint density at radius 3 is 2.67 bits per heavy atom. The minimum Gasteiger partial charge on any atom is -0.450 e. The molecule has 1 fully saturated rings. The van der Waals surface area contributed by atoms with Crippen LogP contribution in [0.2, 0.25) is 5.02 Å². The molecule has 1 aromatic heterocycles. The van der Waals surface area contributed by atoms with Crippen molar-refractivity contribution in [3.05, 3.63) is 79.7 Å². The molecule has 0 spiro atoms. The van der Waals surface area contributed by atoms with E-state index >= 15 is 0 Å². The lowest BCUT2D eigenvalue weighted by Gasteiger charge is -2.27. The fraction of sp³-hybridized carbons (Fsp3) is 0.333. The molecule has 0 N–H and O–H groups in total. The van der Waals surface area contributed by atoms with Crippen molar-refractivity contribution in [2.24, 2.45) is 0 Å². The number of aryl methyl sites for hydroxylation is 2. The van der Waals surface area contributed by atoms with Crippen molar-refractivity contribution in [2.45, 2.75) is 38.8 Å². The highest BCUT2D eigenvalue weighted by molar-refractivity contribution is 6.30. The standard InChI is InChI=1S/C24H22ClNO4/c1-13-9-18-19(10-14(13)2)30-23-20(22(18)27)21(15-5-3-6-16(25)11-15)26(24(23)28)12-17-7-4-8-29-17/h3,5-6,9-11,17,21H,4,7-8,12H2,1-2H3/t17-,21+/m1/s1. The van der Waals surface area contributed by atoms with E-state index in [0.717, 1.165) is 29.5 Å². The van der Waals surface area contributed by atoms with Gasteiger partial charge in [0.1, 0.15) is 5.58 Å². The molecule has 5 rings (SSSR count). The summed E-state index contributed by atoms with van der Waals surface area (Å²) in [6.07, 6.45) is 1.82. The zero-order valence-corrected chi connectivity index (χ0v) is 17.7. The number of hydrogen-bond acceptors (Lipinski definition) is 4. The predicted octanol–water partition coefficient (Wildman–Crippen LogP) is 4.79. The molecule has 0 radical (unpaired) electrons. The molecule has 6 heteroatoms. The van der Waals surface area contributed by atoms with Crippen molar-refractivity contribution in [3.8, 4) is 0 Å².